The van der Waals surface area contributed by atoms with Gasteiger partial charge in [-0.3, -0.25) is 4.79 Å². The van der Waals surface area contributed by atoms with Crippen LogP contribution in [0.4, 0.5) is 0 Å². The summed E-state index contributed by atoms with van der Waals surface area (Å²) in [6.45, 7) is 2.75. The number of hydrogen-bond acceptors (Lipinski definition) is 2. The van der Waals surface area contributed by atoms with Gasteiger partial charge in [-0.25, -0.2) is 0 Å². The van der Waals surface area contributed by atoms with Crippen LogP contribution in [0.25, 0.3) is 16.8 Å². The third-order valence-electron chi connectivity index (χ3n) is 4.11. The molecule has 0 fully saturated rings. The minimum absolute atomic E-state index is 0.0414. The van der Waals surface area contributed by atoms with Crippen LogP contribution in [0.5, 0.6) is 5.75 Å². The molecule has 0 unspecified atom stereocenters. The summed E-state index contributed by atoms with van der Waals surface area (Å²) in [5, 5.41) is 2.36. The predicted octanol–water partition coefficient (Wildman–Crippen LogP) is 5.91. The summed E-state index contributed by atoms with van der Waals surface area (Å²) in [7, 11) is 0. The van der Waals surface area contributed by atoms with E-state index in [0.717, 1.165) is 18.4 Å². The number of carbonyl (C=O) groups excluding carboxylic acids is 1. The van der Waals surface area contributed by atoms with Crippen molar-refractivity contribution < 1.29 is 9.53 Å². The van der Waals surface area contributed by atoms with Crippen LogP contribution in [0, 0.1) is 0 Å². The number of ether oxygens (including phenoxy) is 1. The molecule has 3 aromatic carbocycles. The van der Waals surface area contributed by atoms with Gasteiger partial charge in [0.1, 0.15) is 5.75 Å². The molecule has 25 heavy (non-hydrogen) atoms. The van der Waals surface area contributed by atoms with Gasteiger partial charge >= 0.3 is 0 Å². The maximum atomic E-state index is 12.6. The van der Waals surface area contributed by atoms with E-state index in [1.807, 2.05) is 48.5 Å². The van der Waals surface area contributed by atoms with Gasteiger partial charge in [0.25, 0.3) is 0 Å². The Labute approximate surface area is 148 Å². The Morgan fingerprint density at radius 1 is 0.960 bits per heavy atom. The van der Waals surface area contributed by atoms with Crippen molar-refractivity contribution in [2.75, 3.05) is 6.61 Å². The minimum atomic E-state index is -0.0414. The molecule has 0 aliphatic heterocycles. The van der Waals surface area contributed by atoms with E-state index in [2.05, 4.69) is 31.2 Å². The summed E-state index contributed by atoms with van der Waals surface area (Å²) in [6, 6.07) is 21.8. The Morgan fingerprint density at radius 2 is 1.72 bits per heavy atom. The second kappa shape index (κ2) is 8.29. The molecule has 0 saturated carbocycles. The first-order valence-electron chi connectivity index (χ1n) is 8.71. The first-order chi connectivity index (χ1) is 12.3. The maximum Gasteiger partial charge on any atom is 0.189 e. The van der Waals surface area contributed by atoms with Gasteiger partial charge in [-0.2, -0.15) is 0 Å². The quantitative estimate of drug-likeness (QED) is 0.305. The molecule has 2 heteroatoms. The van der Waals surface area contributed by atoms with Gasteiger partial charge in [0.15, 0.2) is 5.78 Å². The molecule has 0 aliphatic rings. The largest absolute Gasteiger partial charge is 0.493 e. The second-order valence-electron chi connectivity index (χ2n) is 6.00. The molecule has 0 aliphatic carbocycles. The van der Waals surface area contributed by atoms with Gasteiger partial charge in [0.2, 0.25) is 0 Å². The third-order valence-corrected chi connectivity index (χ3v) is 4.11. The Bertz CT molecular complexity index is 893. The topological polar surface area (TPSA) is 26.3 Å². The molecule has 0 radical (unpaired) electrons. The fourth-order valence-electron chi connectivity index (χ4n) is 2.70. The lowest BCUT2D eigenvalue weighted by atomic mass is 10.0. The van der Waals surface area contributed by atoms with Crippen molar-refractivity contribution in [3.63, 3.8) is 0 Å². The van der Waals surface area contributed by atoms with Crippen LogP contribution >= 0.6 is 0 Å². The van der Waals surface area contributed by atoms with Crippen molar-refractivity contribution in [3.8, 4) is 5.75 Å². The van der Waals surface area contributed by atoms with Crippen molar-refractivity contribution in [3.05, 3.63) is 83.9 Å². The summed E-state index contributed by atoms with van der Waals surface area (Å²) in [5.74, 6) is 0.615. The molecule has 3 rings (SSSR count). The number of allylic oxidation sites excluding steroid dienone is 1. The van der Waals surface area contributed by atoms with E-state index in [4.69, 9.17) is 4.74 Å². The Balaban J connectivity index is 1.77. The molecule has 0 heterocycles. The normalized spacial score (nSPS) is 11.1. The minimum Gasteiger partial charge on any atom is -0.493 e. The fraction of sp³-hybridized carbons (Fsp3) is 0.174. The van der Waals surface area contributed by atoms with Gasteiger partial charge in [-0.1, -0.05) is 68.0 Å². The molecule has 0 aromatic heterocycles. The fourth-order valence-corrected chi connectivity index (χ4v) is 2.70. The summed E-state index contributed by atoms with van der Waals surface area (Å²) in [4.78, 5) is 12.6. The second-order valence-corrected chi connectivity index (χ2v) is 6.00. The Hall–Kier alpha value is -2.87. The Morgan fingerprint density at radius 3 is 2.56 bits per heavy atom. The van der Waals surface area contributed by atoms with Crippen molar-refractivity contribution in [1.29, 1.82) is 0 Å². The van der Waals surface area contributed by atoms with Crippen molar-refractivity contribution in [2.45, 2.75) is 19.8 Å². The lowest BCUT2D eigenvalue weighted by Crippen LogP contribution is -2.03. The number of fused-ring (bicyclic) bond motifs is 1. The lowest BCUT2D eigenvalue weighted by Gasteiger charge is -2.09. The van der Waals surface area contributed by atoms with E-state index in [1.165, 1.54) is 10.8 Å². The van der Waals surface area contributed by atoms with Crippen molar-refractivity contribution in [1.82, 2.24) is 0 Å². The molecule has 126 valence electrons. The molecule has 0 saturated heterocycles. The van der Waals surface area contributed by atoms with Gasteiger partial charge in [0, 0.05) is 0 Å². The molecule has 0 atom stereocenters. The average molecular weight is 330 g/mol. The monoisotopic (exact) mass is 330 g/mol. The van der Waals surface area contributed by atoms with Crippen LogP contribution in [0.15, 0.2) is 72.8 Å². The first-order valence-corrected chi connectivity index (χ1v) is 8.71. The highest BCUT2D eigenvalue weighted by Crippen LogP contribution is 2.21. The maximum absolute atomic E-state index is 12.6. The van der Waals surface area contributed by atoms with Gasteiger partial charge in [0.05, 0.1) is 12.2 Å². The first kappa shape index (κ1) is 17.0. The van der Waals surface area contributed by atoms with Crippen LogP contribution in [0.1, 0.15) is 35.7 Å². The lowest BCUT2D eigenvalue weighted by molar-refractivity contribution is 0.104. The van der Waals surface area contributed by atoms with E-state index in [9.17, 15) is 4.79 Å². The zero-order valence-corrected chi connectivity index (χ0v) is 14.4. The highest BCUT2D eigenvalue weighted by Gasteiger charge is 2.09. The third kappa shape index (κ3) is 4.36. The highest BCUT2D eigenvalue weighted by atomic mass is 16.5. The average Bonchev–Trinajstić information content (AvgIpc) is 2.66. The van der Waals surface area contributed by atoms with E-state index in [-0.39, 0.29) is 5.78 Å². The molecule has 0 spiro atoms. The summed E-state index contributed by atoms with van der Waals surface area (Å²) >= 11 is 0. The molecular formula is C23H22O2. The number of rotatable bonds is 7. The van der Waals surface area contributed by atoms with Crippen LogP contribution in [-0.4, -0.2) is 12.4 Å². The number of hydrogen-bond donors (Lipinski definition) is 0. The van der Waals surface area contributed by atoms with Crippen LogP contribution < -0.4 is 4.74 Å². The number of benzene rings is 3. The van der Waals surface area contributed by atoms with Crippen molar-refractivity contribution >= 4 is 22.6 Å². The summed E-state index contributed by atoms with van der Waals surface area (Å²) < 4.78 is 5.75. The van der Waals surface area contributed by atoms with Crippen LogP contribution in [-0.2, 0) is 0 Å². The van der Waals surface area contributed by atoms with Crippen LogP contribution in [0.3, 0.4) is 0 Å². The van der Waals surface area contributed by atoms with E-state index >= 15 is 0 Å². The number of unbranched alkanes of at least 4 members (excludes halogenated alkanes) is 1. The van der Waals surface area contributed by atoms with Crippen LogP contribution in [0.2, 0.25) is 0 Å². The number of ketones is 1. The zero-order chi connectivity index (χ0) is 17.5. The SMILES string of the molecule is CCCCOc1ccccc1C(=O)C=Cc1ccc2ccccc2c1. The summed E-state index contributed by atoms with van der Waals surface area (Å²) in [6.07, 6.45) is 5.52. The van der Waals surface area contributed by atoms with E-state index in [0.29, 0.717) is 17.9 Å². The molecule has 3 aromatic rings. The Kier molecular flexibility index (Phi) is 5.63. The van der Waals surface area contributed by atoms with E-state index < -0.39 is 0 Å². The van der Waals surface area contributed by atoms with E-state index in [1.54, 1.807) is 6.08 Å². The van der Waals surface area contributed by atoms with Crippen molar-refractivity contribution in [2.24, 2.45) is 0 Å². The molecule has 2 nitrogen and oxygen atoms in total. The molecular weight excluding hydrogens is 308 g/mol. The molecule has 0 amide bonds. The van der Waals surface area contributed by atoms with Gasteiger partial charge < -0.3 is 4.74 Å². The zero-order valence-electron chi connectivity index (χ0n) is 14.4. The summed E-state index contributed by atoms with van der Waals surface area (Å²) in [5.41, 5.74) is 1.62. The number of para-hydroxylation sites is 1. The molecule has 0 bridgehead atoms. The number of carbonyl (C=O) groups is 1. The standard InChI is InChI=1S/C23H22O2/c1-2-3-16-25-23-11-7-6-10-21(23)22(24)15-13-18-12-14-19-8-4-5-9-20(19)17-18/h4-15,17H,2-3,16H2,1H3. The molecule has 0 N–H and O–H groups in total. The van der Waals surface area contributed by atoms with Gasteiger partial charge in [-0.05, 0) is 47.0 Å². The smallest absolute Gasteiger partial charge is 0.189 e. The van der Waals surface area contributed by atoms with Gasteiger partial charge in [-0.15, -0.1) is 0 Å². The highest BCUT2D eigenvalue weighted by molar-refractivity contribution is 6.08. The predicted molar refractivity (Wildman–Crippen MR) is 104 cm³/mol.